The summed E-state index contributed by atoms with van der Waals surface area (Å²) in [4.78, 5) is 15.7. The predicted molar refractivity (Wildman–Crippen MR) is 75.3 cm³/mol. The number of rotatable bonds is 5. The number of carbonyl (C=O) groups excluding carboxylic acids is 1. The lowest BCUT2D eigenvalue weighted by Gasteiger charge is -2.11. The monoisotopic (exact) mass is 273 g/mol. The van der Waals surface area contributed by atoms with E-state index in [-0.39, 0.29) is 5.69 Å². The van der Waals surface area contributed by atoms with Crippen LogP contribution in [-0.2, 0) is 13.0 Å². The van der Waals surface area contributed by atoms with Crippen LogP contribution in [0.5, 0.6) is 0 Å². The van der Waals surface area contributed by atoms with Crippen LogP contribution in [0.2, 0.25) is 0 Å². The van der Waals surface area contributed by atoms with Gasteiger partial charge in [0.2, 0.25) is 0 Å². The maximum absolute atomic E-state index is 11.0. The summed E-state index contributed by atoms with van der Waals surface area (Å²) < 4.78 is 1.60. The van der Waals surface area contributed by atoms with Crippen molar-refractivity contribution in [1.29, 1.82) is 0 Å². The van der Waals surface area contributed by atoms with Crippen molar-refractivity contribution >= 4 is 5.91 Å². The van der Waals surface area contributed by atoms with E-state index >= 15 is 0 Å². The van der Waals surface area contributed by atoms with Crippen molar-refractivity contribution in [3.8, 4) is 0 Å². The van der Waals surface area contributed by atoms with E-state index in [9.17, 15) is 4.79 Å². The maximum Gasteiger partial charge on any atom is 0.270 e. The van der Waals surface area contributed by atoms with Gasteiger partial charge in [-0.15, -0.1) is 5.10 Å². The molecule has 0 atom stereocenters. The third-order valence-electron chi connectivity index (χ3n) is 3.14. The van der Waals surface area contributed by atoms with E-state index in [1.54, 1.807) is 10.9 Å². The van der Waals surface area contributed by atoms with E-state index in [2.05, 4.69) is 42.1 Å². The van der Waals surface area contributed by atoms with Crippen molar-refractivity contribution in [2.45, 2.75) is 39.7 Å². The molecule has 0 radical (unpaired) electrons. The Morgan fingerprint density at radius 1 is 1.40 bits per heavy atom. The molecule has 0 saturated carbocycles. The lowest BCUT2D eigenvalue weighted by molar-refractivity contribution is 0.0995. The van der Waals surface area contributed by atoms with Crippen molar-refractivity contribution in [2.75, 3.05) is 0 Å². The Morgan fingerprint density at radius 2 is 2.15 bits per heavy atom. The maximum atomic E-state index is 11.0. The van der Waals surface area contributed by atoms with Crippen molar-refractivity contribution < 1.29 is 4.79 Å². The van der Waals surface area contributed by atoms with Crippen LogP contribution in [0.3, 0.4) is 0 Å². The minimum Gasteiger partial charge on any atom is -0.364 e. The number of nitrogens with two attached hydrogens (primary N) is 1. The van der Waals surface area contributed by atoms with Gasteiger partial charge in [0.1, 0.15) is 0 Å². The third-order valence-corrected chi connectivity index (χ3v) is 3.14. The number of pyridine rings is 1. The zero-order chi connectivity index (χ0) is 14.7. The topological polar surface area (TPSA) is 86.7 Å². The summed E-state index contributed by atoms with van der Waals surface area (Å²) in [6.45, 7) is 6.86. The molecule has 0 unspecified atom stereocenters. The average Bonchev–Trinajstić information content (AvgIpc) is 2.87. The first-order valence-electron chi connectivity index (χ1n) is 6.69. The van der Waals surface area contributed by atoms with Gasteiger partial charge in [-0.1, -0.05) is 32.1 Å². The van der Waals surface area contributed by atoms with Gasteiger partial charge in [0.05, 0.1) is 12.7 Å². The molecule has 2 rings (SSSR count). The molecule has 0 saturated heterocycles. The quantitative estimate of drug-likeness (QED) is 0.894. The van der Waals surface area contributed by atoms with E-state index in [1.165, 1.54) is 0 Å². The second-order valence-corrected chi connectivity index (χ2v) is 5.02. The fourth-order valence-corrected chi connectivity index (χ4v) is 1.98. The zero-order valence-corrected chi connectivity index (χ0v) is 12.0. The molecule has 0 bridgehead atoms. The molecule has 20 heavy (non-hydrogen) atoms. The second-order valence-electron chi connectivity index (χ2n) is 5.02. The zero-order valence-electron chi connectivity index (χ0n) is 12.0. The third kappa shape index (κ3) is 3.01. The van der Waals surface area contributed by atoms with Gasteiger partial charge in [-0.3, -0.25) is 9.78 Å². The van der Waals surface area contributed by atoms with Crippen LogP contribution >= 0.6 is 0 Å². The first kappa shape index (κ1) is 14.2. The lowest BCUT2D eigenvalue weighted by atomic mass is 10.1. The molecule has 0 aliphatic carbocycles. The number of aromatic nitrogens is 4. The molecule has 2 aromatic heterocycles. The minimum absolute atomic E-state index is 0.176. The van der Waals surface area contributed by atoms with Crippen LogP contribution in [-0.4, -0.2) is 25.9 Å². The Labute approximate surface area is 118 Å². The van der Waals surface area contributed by atoms with Crippen molar-refractivity contribution in [3.63, 3.8) is 0 Å². The van der Waals surface area contributed by atoms with Gasteiger partial charge in [0, 0.05) is 11.4 Å². The van der Waals surface area contributed by atoms with E-state index in [0.717, 1.165) is 23.4 Å². The van der Waals surface area contributed by atoms with Crippen molar-refractivity contribution in [2.24, 2.45) is 5.73 Å². The molecule has 6 heteroatoms. The number of amides is 1. The smallest absolute Gasteiger partial charge is 0.270 e. The number of aryl methyl sites for hydroxylation is 1. The summed E-state index contributed by atoms with van der Waals surface area (Å²) in [5.41, 5.74) is 8.55. The Hall–Kier alpha value is -2.24. The van der Waals surface area contributed by atoms with Gasteiger partial charge >= 0.3 is 0 Å². The lowest BCUT2D eigenvalue weighted by Crippen LogP contribution is -2.11. The van der Waals surface area contributed by atoms with Crippen molar-refractivity contribution in [1.82, 2.24) is 20.0 Å². The summed E-state index contributed by atoms with van der Waals surface area (Å²) >= 11 is 0. The highest BCUT2D eigenvalue weighted by Gasteiger charge is 2.10. The first-order chi connectivity index (χ1) is 9.51. The summed E-state index contributed by atoms with van der Waals surface area (Å²) in [5, 5.41) is 7.63. The molecular formula is C14H19N5O. The number of nitrogens with zero attached hydrogens (tertiary/aromatic N) is 4. The average molecular weight is 273 g/mol. The van der Waals surface area contributed by atoms with Gasteiger partial charge in [0.25, 0.3) is 5.91 Å². The number of hydrogen-bond acceptors (Lipinski definition) is 4. The Balaban J connectivity index is 2.25. The minimum atomic E-state index is -0.569. The molecule has 106 valence electrons. The molecule has 0 aliphatic rings. The molecule has 2 N–H and O–H groups in total. The number of primary amides is 1. The van der Waals surface area contributed by atoms with Crippen LogP contribution in [0, 0.1) is 0 Å². The standard InChI is InChI=1S/C14H19N5O/c1-4-11-10(5-6-12(16-11)9(2)3)7-19-8-13(14(15)20)17-18-19/h5-6,8-9H,4,7H2,1-3H3,(H2,15,20). The largest absolute Gasteiger partial charge is 0.364 e. The Kier molecular flexibility index (Phi) is 4.12. The normalized spacial score (nSPS) is 11.0. The SMILES string of the molecule is CCc1nc(C(C)C)ccc1Cn1cc(C(N)=O)nn1. The Morgan fingerprint density at radius 3 is 2.70 bits per heavy atom. The number of carbonyl (C=O) groups is 1. The second kappa shape index (κ2) is 5.81. The molecule has 0 aromatic carbocycles. The fourth-order valence-electron chi connectivity index (χ4n) is 1.98. The highest BCUT2D eigenvalue weighted by molar-refractivity contribution is 5.90. The van der Waals surface area contributed by atoms with Gasteiger partial charge in [-0.2, -0.15) is 0 Å². The predicted octanol–water partition coefficient (Wildman–Crippen LogP) is 1.51. The van der Waals surface area contributed by atoms with Crippen molar-refractivity contribution in [3.05, 3.63) is 41.0 Å². The summed E-state index contributed by atoms with van der Waals surface area (Å²) in [5.74, 6) is -0.164. The highest BCUT2D eigenvalue weighted by atomic mass is 16.1. The van der Waals surface area contributed by atoms with Crippen LogP contribution in [0.25, 0.3) is 0 Å². The van der Waals surface area contributed by atoms with E-state index in [4.69, 9.17) is 5.73 Å². The molecule has 2 aromatic rings. The van der Waals surface area contributed by atoms with Gasteiger partial charge in [0.15, 0.2) is 5.69 Å². The molecule has 1 amide bonds. The highest BCUT2D eigenvalue weighted by Crippen LogP contribution is 2.16. The molecule has 6 nitrogen and oxygen atoms in total. The van der Waals surface area contributed by atoms with E-state index < -0.39 is 5.91 Å². The van der Waals surface area contributed by atoms with E-state index in [0.29, 0.717) is 12.5 Å². The summed E-state index contributed by atoms with van der Waals surface area (Å²) in [7, 11) is 0. The van der Waals surface area contributed by atoms with Crippen LogP contribution < -0.4 is 5.73 Å². The molecule has 0 fully saturated rings. The van der Waals surface area contributed by atoms with Gasteiger partial charge in [-0.05, 0) is 24.0 Å². The van der Waals surface area contributed by atoms with Crippen LogP contribution in [0.15, 0.2) is 18.3 Å². The summed E-state index contributed by atoms with van der Waals surface area (Å²) in [6.07, 6.45) is 2.41. The molecule has 2 heterocycles. The molecular weight excluding hydrogens is 254 g/mol. The van der Waals surface area contributed by atoms with E-state index in [1.807, 2.05) is 6.07 Å². The fraction of sp³-hybridized carbons (Fsp3) is 0.429. The van der Waals surface area contributed by atoms with Crippen LogP contribution in [0.1, 0.15) is 54.1 Å². The summed E-state index contributed by atoms with van der Waals surface area (Å²) in [6, 6.07) is 4.10. The first-order valence-corrected chi connectivity index (χ1v) is 6.69. The molecule has 0 spiro atoms. The molecule has 0 aliphatic heterocycles. The Bertz CT molecular complexity index is 618. The van der Waals surface area contributed by atoms with Crippen LogP contribution in [0.4, 0.5) is 0 Å². The van der Waals surface area contributed by atoms with Gasteiger partial charge in [-0.25, -0.2) is 4.68 Å². The number of hydrogen-bond donors (Lipinski definition) is 1. The van der Waals surface area contributed by atoms with Gasteiger partial charge < -0.3 is 5.73 Å².